The monoisotopic (exact) mass is 503 g/mol. The van der Waals surface area contributed by atoms with E-state index in [4.69, 9.17) is 9.72 Å². The fourth-order valence-electron chi connectivity index (χ4n) is 5.06. The van der Waals surface area contributed by atoms with Gasteiger partial charge in [0, 0.05) is 42.2 Å². The van der Waals surface area contributed by atoms with E-state index >= 15 is 0 Å². The number of nitrogens with zero attached hydrogens (tertiary/aromatic N) is 3. The summed E-state index contributed by atoms with van der Waals surface area (Å²) in [5.74, 6) is 1.17. The minimum Gasteiger partial charge on any atom is -0.453 e. The average molecular weight is 504 g/mol. The maximum Gasteiger partial charge on any atom is 0.255 e. The first-order valence-corrected chi connectivity index (χ1v) is 12.9. The van der Waals surface area contributed by atoms with Crippen molar-refractivity contribution in [2.75, 3.05) is 28.6 Å². The molecule has 0 saturated carbocycles. The number of anilines is 4. The molecule has 7 nitrogen and oxygen atoms in total. The van der Waals surface area contributed by atoms with E-state index in [1.807, 2.05) is 59.2 Å². The number of rotatable bonds is 6. The number of carbonyl (C=O) groups is 1. The van der Waals surface area contributed by atoms with E-state index < -0.39 is 0 Å². The molecule has 5 aromatic rings. The number of aryl methyl sites for hydroxylation is 1. The second-order valence-electron chi connectivity index (χ2n) is 9.30. The molecule has 7 heteroatoms. The molecule has 0 saturated heterocycles. The van der Waals surface area contributed by atoms with Crippen molar-refractivity contribution < 1.29 is 9.53 Å². The summed E-state index contributed by atoms with van der Waals surface area (Å²) in [4.78, 5) is 20.2. The van der Waals surface area contributed by atoms with Gasteiger partial charge >= 0.3 is 0 Å². The third-order valence-electron chi connectivity index (χ3n) is 6.98. The molecule has 0 radical (unpaired) electrons. The van der Waals surface area contributed by atoms with Gasteiger partial charge in [-0.25, -0.2) is 4.98 Å². The topological polar surface area (TPSA) is 71.4 Å². The molecule has 190 valence electrons. The summed E-state index contributed by atoms with van der Waals surface area (Å²) in [6.07, 6.45) is 1.78. The lowest BCUT2D eigenvalue weighted by molar-refractivity contribution is 0.102. The lowest BCUT2D eigenvalue weighted by Crippen LogP contribution is -2.23. The van der Waals surface area contributed by atoms with Crippen molar-refractivity contribution in [2.24, 2.45) is 0 Å². The zero-order valence-electron chi connectivity index (χ0n) is 21.7. The molecular weight excluding hydrogens is 474 g/mol. The van der Waals surface area contributed by atoms with Crippen LogP contribution < -0.4 is 20.3 Å². The molecule has 1 aliphatic rings. The number of fused-ring (bicyclic) bond motifs is 4. The van der Waals surface area contributed by atoms with Crippen molar-refractivity contribution in [3.63, 3.8) is 0 Å². The van der Waals surface area contributed by atoms with Gasteiger partial charge in [0.25, 0.3) is 5.91 Å². The predicted octanol–water partition coefficient (Wildman–Crippen LogP) is 7.28. The molecule has 1 amide bonds. The van der Waals surface area contributed by atoms with Gasteiger partial charge in [0.05, 0.1) is 11.4 Å². The zero-order valence-corrected chi connectivity index (χ0v) is 21.7. The Morgan fingerprint density at radius 1 is 0.974 bits per heavy atom. The van der Waals surface area contributed by atoms with Gasteiger partial charge in [-0.3, -0.25) is 9.36 Å². The van der Waals surface area contributed by atoms with Crippen LogP contribution in [-0.4, -0.2) is 28.5 Å². The van der Waals surface area contributed by atoms with Crippen LogP contribution in [0.2, 0.25) is 0 Å². The number of benzene rings is 4. The number of nitrogens with one attached hydrogen (secondary N) is 2. The SMILES string of the molecule is CCN(CC)c1cc2c(cc1C)Nc1c(cc(NC(=O)c3ccccc3)c3ncn(-c4ccccc4)c13)O2. The van der Waals surface area contributed by atoms with Crippen molar-refractivity contribution in [1.29, 1.82) is 0 Å². The van der Waals surface area contributed by atoms with Crippen LogP contribution in [0.3, 0.4) is 0 Å². The van der Waals surface area contributed by atoms with Gasteiger partial charge in [0.2, 0.25) is 0 Å². The maximum absolute atomic E-state index is 13.1. The molecule has 4 aromatic carbocycles. The second kappa shape index (κ2) is 9.59. The predicted molar refractivity (Wildman–Crippen MR) is 154 cm³/mol. The molecule has 1 aromatic heterocycles. The van der Waals surface area contributed by atoms with E-state index in [1.165, 1.54) is 5.56 Å². The molecule has 2 N–H and O–H groups in total. The Bertz CT molecular complexity index is 1640. The number of hydrogen-bond acceptors (Lipinski definition) is 5. The van der Waals surface area contributed by atoms with Gasteiger partial charge in [0.15, 0.2) is 11.5 Å². The first-order chi connectivity index (χ1) is 18.6. The van der Waals surface area contributed by atoms with E-state index in [9.17, 15) is 4.79 Å². The Kier molecular flexibility index (Phi) is 5.96. The first kappa shape index (κ1) is 23.6. The van der Waals surface area contributed by atoms with Gasteiger partial charge in [-0.05, 0) is 56.7 Å². The molecule has 38 heavy (non-hydrogen) atoms. The van der Waals surface area contributed by atoms with Crippen LogP contribution in [0, 0.1) is 6.92 Å². The fraction of sp³-hybridized carbons (Fsp3) is 0.161. The number of imidazole rings is 1. The number of amides is 1. The number of carbonyl (C=O) groups excluding carboxylic acids is 1. The summed E-state index contributed by atoms with van der Waals surface area (Å²) < 4.78 is 8.55. The van der Waals surface area contributed by atoms with Gasteiger partial charge < -0.3 is 20.3 Å². The standard InChI is InChI=1S/C31H29N5O2/c1-4-35(5-2)25-18-26-23(16-20(25)3)33-29-27(38-26)17-24(34-31(37)21-12-8-6-9-13-21)28-30(29)36(19-32-28)22-14-10-7-11-15-22/h6-19,33H,4-5H2,1-3H3,(H,34,37). The maximum atomic E-state index is 13.1. The zero-order chi connectivity index (χ0) is 26.2. The van der Waals surface area contributed by atoms with E-state index in [0.717, 1.165) is 47.1 Å². The lowest BCUT2D eigenvalue weighted by Gasteiger charge is -2.28. The van der Waals surface area contributed by atoms with E-state index in [-0.39, 0.29) is 5.91 Å². The van der Waals surface area contributed by atoms with Crippen LogP contribution in [0.4, 0.5) is 22.7 Å². The highest BCUT2D eigenvalue weighted by atomic mass is 16.5. The molecule has 2 heterocycles. The molecule has 6 rings (SSSR count). The fourth-order valence-corrected chi connectivity index (χ4v) is 5.06. The van der Waals surface area contributed by atoms with Crippen LogP contribution >= 0.6 is 0 Å². The summed E-state index contributed by atoms with van der Waals surface area (Å²) in [6.45, 7) is 8.25. The average Bonchev–Trinajstić information content (AvgIpc) is 3.40. The van der Waals surface area contributed by atoms with Gasteiger partial charge in [-0.1, -0.05) is 36.4 Å². The van der Waals surface area contributed by atoms with Crippen LogP contribution in [0.5, 0.6) is 11.5 Å². The Balaban J connectivity index is 1.51. The lowest BCUT2D eigenvalue weighted by atomic mass is 10.1. The van der Waals surface area contributed by atoms with Crippen LogP contribution in [0.25, 0.3) is 16.7 Å². The molecule has 0 atom stereocenters. The molecule has 1 aliphatic heterocycles. The molecule has 0 aliphatic carbocycles. The summed E-state index contributed by atoms with van der Waals surface area (Å²) in [6, 6.07) is 25.3. The second-order valence-corrected chi connectivity index (χ2v) is 9.30. The molecule has 0 spiro atoms. The van der Waals surface area contributed by atoms with Crippen LogP contribution in [-0.2, 0) is 0 Å². The van der Waals surface area contributed by atoms with E-state index in [2.05, 4.69) is 48.4 Å². The largest absolute Gasteiger partial charge is 0.453 e. The van der Waals surface area contributed by atoms with Crippen LogP contribution in [0.15, 0.2) is 85.2 Å². The quantitative estimate of drug-likeness (QED) is 0.250. The number of para-hydroxylation sites is 1. The highest BCUT2D eigenvalue weighted by molar-refractivity contribution is 6.11. The Morgan fingerprint density at radius 2 is 1.68 bits per heavy atom. The van der Waals surface area contributed by atoms with Crippen molar-refractivity contribution in [1.82, 2.24) is 9.55 Å². The van der Waals surface area contributed by atoms with Gasteiger partial charge in [0.1, 0.15) is 23.0 Å². The minimum atomic E-state index is -0.204. The summed E-state index contributed by atoms with van der Waals surface area (Å²) in [5.41, 5.74) is 7.65. The van der Waals surface area contributed by atoms with Crippen molar-refractivity contribution in [3.8, 4) is 17.2 Å². The van der Waals surface area contributed by atoms with Gasteiger partial charge in [-0.15, -0.1) is 0 Å². The third kappa shape index (κ3) is 4.02. The smallest absolute Gasteiger partial charge is 0.255 e. The molecular formula is C31H29N5O2. The Labute approximate surface area is 221 Å². The number of hydrogen-bond donors (Lipinski definition) is 2. The summed E-state index contributed by atoms with van der Waals surface area (Å²) in [5, 5.41) is 6.68. The molecule has 0 bridgehead atoms. The molecule has 0 unspecified atom stereocenters. The van der Waals surface area contributed by atoms with Crippen LogP contribution in [0.1, 0.15) is 29.8 Å². The number of ether oxygens (including phenoxy) is 1. The first-order valence-electron chi connectivity index (χ1n) is 12.9. The van der Waals surface area contributed by atoms with E-state index in [1.54, 1.807) is 18.5 Å². The van der Waals surface area contributed by atoms with Crippen molar-refractivity contribution in [2.45, 2.75) is 20.8 Å². The number of aromatic nitrogens is 2. The van der Waals surface area contributed by atoms with Crippen molar-refractivity contribution in [3.05, 3.63) is 96.3 Å². The normalized spacial score (nSPS) is 11.8. The Morgan fingerprint density at radius 3 is 2.39 bits per heavy atom. The summed E-state index contributed by atoms with van der Waals surface area (Å²) >= 11 is 0. The highest BCUT2D eigenvalue weighted by Crippen LogP contribution is 2.49. The van der Waals surface area contributed by atoms with Crippen molar-refractivity contribution >= 4 is 39.7 Å². The minimum absolute atomic E-state index is 0.204. The van der Waals surface area contributed by atoms with E-state index in [0.29, 0.717) is 22.5 Å². The van der Waals surface area contributed by atoms with Gasteiger partial charge in [-0.2, -0.15) is 0 Å². The highest BCUT2D eigenvalue weighted by Gasteiger charge is 2.26. The molecule has 0 fully saturated rings. The third-order valence-corrected chi connectivity index (χ3v) is 6.98. The summed E-state index contributed by atoms with van der Waals surface area (Å²) in [7, 11) is 0. The Hall–Kier alpha value is -4.78.